The van der Waals surface area contributed by atoms with E-state index in [4.69, 9.17) is 18.6 Å². The van der Waals surface area contributed by atoms with Crippen LogP contribution in [0.25, 0.3) is 0 Å². The molecule has 2 aromatic carbocycles. The minimum atomic E-state index is -1.03. The van der Waals surface area contributed by atoms with E-state index in [-0.39, 0.29) is 18.6 Å². The molecular formula is C29H32N2O6. The van der Waals surface area contributed by atoms with Crippen LogP contribution >= 0.6 is 0 Å². The average molecular weight is 505 g/mol. The molecule has 2 amide bonds. The zero-order valence-corrected chi connectivity index (χ0v) is 21.1. The number of rotatable bonds is 7. The molecule has 8 heteroatoms. The highest BCUT2D eigenvalue weighted by molar-refractivity contribution is 6.03. The van der Waals surface area contributed by atoms with Gasteiger partial charge in [-0.2, -0.15) is 0 Å². The van der Waals surface area contributed by atoms with E-state index < -0.39 is 18.1 Å². The first kappa shape index (κ1) is 24.7. The summed E-state index contributed by atoms with van der Waals surface area (Å²) in [5.41, 5.74) is 0.520. The monoisotopic (exact) mass is 504 g/mol. The molecule has 2 aliphatic rings. The predicted molar refractivity (Wildman–Crippen MR) is 138 cm³/mol. The molecule has 1 aliphatic heterocycles. The van der Waals surface area contributed by atoms with Gasteiger partial charge in [-0.25, -0.2) is 0 Å². The molecule has 5 rings (SSSR count). The minimum absolute atomic E-state index is 0.0245. The molecular weight excluding hydrogens is 472 g/mol. The van der Waals surface area contributed by atoms with Crippen LogP contribution in [-0.4, -0.2) is 37.7 Å². The van der Waals surface area contributed by atoms with Crippen molar-refractivity contribution in [3.8, 4) is 17.2 Å². The quantitative estimate of drug-likeness (QED) is 0.489. The van der Waals surface area contributed by atoms with Crippen molar-refractivity contribution in [1.29, 1.82) is 0 Å². The molecule has 1 N–H and O–H groups in total. The molecule has 37 heavy (non-hydrogen) atoms. The van der Waals surface area contributed by atoms with Gasteiger partial charge in [0.05, 0.1) is 7.11 Å². The lowest BCUT2D eigenvalue weighted by Crippen LogP contribution is -2.52. The minimum Gasteiger partial charge on any atom is -0.497 e. The first-order chi connectivity index (χ1) is 18.0. The molecule has 1 saturated carbocycles. The van der Waals surface area contributed by atoms with Gasteiger partial charge in [0, 0.05) is 11.7 Å². The number of para-hydroxylation sites is 2. The highest BCUT2D eigenvalue weighted by Crippen LogP contribution is 2.35. The molecule has 0 spiro atoms. The zero-order valence-electron chi connectivity index (χ0n) is 21.1. The van der Waals surface area contributed by atoms with Gasteiger partial charge in [-0.1, -0.05) is 31.4 Å². The van der Waals surface area contributed by atoms with Crippen LogP contribution in [0.15, 0.2) is 65.1 Å². The van der Waals surface area contributed by atoms with Gasteiger partial charge in [-0.05, 0) is 68.3 Å². The lowest BCUT2D eigenvalue weighted by Gasteiger charge is -2.35. The second-order valence-electron chi connectivity index (χ2n) is 9.46. The van der Waals surface area contributed by atoms with E-state index in [2.05, 4.69) is 5.32 Å². The van der Waals surface area contributed by atoms with E-state index in [0.717, 1.165) is 25.7 Å². The standard InChI is InChI=1S/C29H32N2O6/c1-19-12-17-25(36-19)27(28(32)30-20-8-4-3-5-9-20)31(21-13-15-22(34-2)16-14-21)29(33)26-18-35-23-10-6-7-11-24(23)37-26/h6-7,10-17,20,26-27H,3-5,8-9,18H2,1-2H3,(H,30,32)/t26-,27-/m1/s1. The third kappa shape index (κ3) is 5.43. The van der Waals surface area contributed by atoms with E-state index >= 15 is 0 Å². The molecule has 2 atom stereocenters. The van der Waals surface area contributed by atoms with Crippen LogP contribution in [0.5, 0.6) is 17.2 Å². The van der Waals surface area contributed by atoms with E-state index in [1.165, 1.54) is 11.3 Å². The lowest BCUT2D eigenvalue weighted by atomic mass is 9.95. The van der Waals surface area contributed by atoms with Crippen molar-refractivity contribution in [3.63, 3.8) is 0 Å². The largest absolute Gasteiger partial charge is 0.497 e. The normalized spacial score (nSPS) is 18.1. The number of amides is 2. The molecule has 3 aromatic rings. The van der Waals surface area contributed by atoms with Crippen molar-refractivity contribution < 1.29 is 28.2 Å². The van der Waals surface area contributed by atoms with Crippen LogP contribution in [0.3, 0.4) is 0 Å². The van der Waals surface area contributed by atoms with Crippen molar-refractivity contribution in [3.05, 3.63) is 72.2 Å². The summed E-state index contributed by atoms with van der Waals surface area (Å²) in [6.45, 7) is 1.84. The van der Waals surface area contributed by atoms with Gasteiger partial charge in [0.25, 0.3) is 11.8 Å². The molecule has 0 radical (unpaired) electrons. The van der Waals surface area contributed by atoms with Crippen LogP contribution in [0.2, 0.25) is 0 Å². The maximum atomic E-state index is 14.1. The molecule has 8 nitrogen and oxygen atoms in total. The summed E-state index contributed by atoms with van der Waals surface area (Å²) >= 11 is 0. The number of methoxy groups -OCH3 is 1. The molecule has 194 valence electrons. The number of furan rings is 1. The SMILES string of the molecule is COc1ccc(N(C(=O)[C@H]2COc3ccccc3O2)[C@@H](C(=O)NC2CCCCC2)c2ccc(C)o2)cc1. The van der Waals surface area contributed by atoms with Crippen molar-refractivity contribution in [2.45, 2.75) is 57.2 Å². The molecule has 0 bridgehead atoms. The Morgan fingerprint density at radius 3 is 2.38 bits per heavy atom. The number of anilines is 1. The summed E-state index contributed by atoms with van der Waals surface area (Å²) in [6.07, 6.45) is 4.21. The van der Waals surface area contributed by atoms with Crippen molar-refractivity contribution in [2.75, 3.05) is 18.6 Å². The first-order valence-electron chi connectivity index (χ1n) is 12.8. The Morgan fingerprint density at radius 1 is 0.973 bits per heavy atom. The van der Waals surface area contributed by atoms with Crippen LogP contribution in [0, 0.1) is 6.92 Å². The topological polar surface area (TPSA) is 90.2 Å². The number of hydrogen-bond donors (Lipinski definition) is 1. The Balaban J connectivity index is 1.52. The van der Waals surface area contributed by atoms with Crippen LogP contribution in [0.1, 0.15) is 49.7 Å². The van der Waals surface area contributed by atoms with E-state index in [1.807, 2.05) is 19.1 Å². The van der Waals surface area contributed by atoms with Gasteiger partial charge in [-0.15, -0.1) is 0 Å². The Morgan fingerprint density at radius 2 is 1.70 bits per heavy atom. The molecule has 0 saturated heterocycles. The van der Waals surface area contributed by atoms with Crippen molar-refractivity contribution in [2.24, 2.45) is 0 Å². The second kappa shape index (κ2) is 11.0. The maximum Gasteiger partial charge on any atom is 0.272 e. The summed E-state index contributed by atoms with van der Waals surface area (Å²) in [4.78, 5) is 29.5. The summed E-state index contributed by atoms with van der Waals surface area (Å²) in [5.74, 6) is 2.04. The Bertz CT molecular complexity index is 1230. The number of carbonyl (C=O) groups is 2. The van der Waals surface area contributed by atoms with Gasteiger partial charge < -0.3 is 23.9 Å². The van der Waals surface area contributed by atoms with Gasteiger partial charge >= 0.3 is 0 Å². The fourth-order valence-corrected chi connectivity index (χ4v) is 4.94. The van der Waals surface area contributed by atoms with Crippen LogP contribution < -0.4 is 24.4 Å². The summed E-state index contributed by atoms with van der Waals surface area (Å²) < 4.78 is 23.2. The number of benzene rings is 2. The number of nitrogens with zero attached hydrogens (tertiary/aromatic N) is 1. The average Bonchev–Trinajstić information content (AvgIpc) is 3.37. The van der Waals surface area contributed by atoms with Gasteiger partial charge in [0.2, 0.25) is 6.10 Å². The smallest absolute Gasteiger partial charge is 0.272 e. The Kier molecular flexibility index (Phi) is 7.35. The zero-order chi connectivity index (χ0) is 25.8. The molecule has 0 unspecified atom stereocenters. The van der Waals surface area contributed by atoms with Crippen molar-refractivity contribution >= 4 is 17.5 Å². The number of ether oxygens (including phenoxy) is 3. The third-order valence-electron chi connectivity index (χ3n) is 6.86. The number of aryl methyl sites for hydroxylation is 1. The molecule has 1 aliphatic carbocycles. The number of fused-ring (bicyclic) bond motifs is 1. The van der Waals surface area contributed by atoms with E-state index in [9.17, 15) is 9.59 Å². The number of nitrogens with one attached hydrogen (secondary N) is 1. The molecule has 1 aromatic heterocycles. The Hall–Kier alpha value is -3.94. The molecule has 2 heterocycles. The molecule has 1 fully saturated rings. The first-order valence-corrected chi connectivity index (χ1v) is 12.8. The van der Waals surface area contributed by atoms with Gasteiger partial charge in [-0.3, -0.25) is 14.5 Å². The maximum absolute atomic E-state index is 14.1. The van der Waals surface area contributed by atoms with Crippen LogP contribution in [0.4, 0.5) is 5.69 Å². The predicted octanol–water partition coefficient (Wildman–Crippen LogP) is 4.96. The summed E-state index contributed by atoms with van der Waals surface area (Å²) in [5, 5.41) is 3.18. The number of carbonyl (C=O) groups excluding carboxylic acids is 2. The van der Waals surface area contributed by atoms with Gasteiger partial charge in [0.15, 0.2) is 17.5 Å². The van der Waals surface area contributed by atoms with Crippen LogP contribution in [-0.2, 0) is 9.59 Å². The Labute approximate surface area is 216 Å². The van der Waals surface area contributed by atoms with E-state index in [0.29, 0.717) is 34.5 Å². The highest BCUT2D eigenvalue weighted by Gasteiger charge is 2.41. The van der Waals surface area contributed by atoms with Gasteiger partial charge in [0.1, 0.15) is 23.9 Å². The second-order valence-corrected chi connectivity index (χ2v) is 9.46. The fourth-order valence-electron chi connectivity index (χ4n) is 4.94. The lowest BCUT2D eigenvalue weighted by molar-refractivity contribution is -0.132. The third-order valence-corrected chi connectivity index (χ3v) is 6.86. The number of hydrogen-bond acceptors (Lipinski definition) is 6. The van der Waals surface area contributed by atoms with Crippen molar-refractivity contribution in [1.82, 2.24) is 5.32 Å². The summed E-state index contributed by atoms with van der Waals surface area (Å²) in [6, 6.07) is 16.8. The summed E-state index contributed by atoms with van der Waals surface area (Å²) in [7, 11) is 1.58. The highest BCUT2D eigenvalue weighted by atomic mass is 16.6. The van der Waals surface area contributed by atoms with E-state index in [1.54, 1.807) is 55.6 Å². The fraction of sp³-hybridized carbons (Fsp3) is 0.379.